The molecule has 0 heterocycles. The molecule has 0 saturated heterocycles. The van der Waals surface area contributed by atoms with Crippen LogP contribution in [0.2, 0.25) is 0 Å². The van der Waals surface area contributed by atoms with E-state index in [4.69, 9.17) is 4.74 Å². The van der Waals surface area contributed by atoms with Crippen molar-refractivity contribution in [2.75, 3.05) is 13.2 Å². The zero-order valence-electron chi connectivity index (χ0n) is 39.9. The second-order valence-electron chi connectivity index (χ2n) is 22.2. The highest BCUT2D eigenvalue weighted by atomic mass is 16.5. The van der Waals surface area contributed by atoms with Crippen LogP contribution in [0.4, 0.5) is 0 Å². The molecule has 6 aliphatic carbocycles. The summed E-state index contributed by atoms with van der Waals surface area (Å²) in [6.07, 6.45) is 70.5. The van der Waals surface area contributed by atoms with E-state index < -0.39 is 0 Å². The minimum Gasteiger partial charge on any atom is -0.380 e. The molecule has 0 aromatic heterocycles. The first kappa shape index (κ1) is 47.4. The van der Waals surface area contributed by atoms with Crippen molar-refractivity contribution < 1.29 is 4.74 Å². The molecular weight excluding hydrogens is 713 g/mol. The second kappa shape index (κ2) is 24.1. The summed E-state index contributed by atoms with van der Waals surface area (Å²) in [5.41, 5.74) is 1.43. The minimum atomic E-state index is 0.246. The van der Waals surface area contributed by atoms with Crippen molar-refractivity contribution in [3.8, 4) is 0 Å². The summed E-state index contributed by atoms with van der Waals surface area (Å²) in [6.45, 7) is 11.2. The lowest BCUT2D eigenvalue weighted by atomic mass is 9.47. The largest absolute Gasteiger partial charge is 0.380 e. The summed E-state index contributed by atoms with van der Waals surface area (Å²) in [5.74, 6) is 4.64. The van der Waals surface area contributed by atoms with Gasteiger partial charge in [0.2, 0.25) is 0 Å². The topological polar surface area (TPSA) is 9.23 Å². The molecule has 0 unspecified atom stereocenters. The van der Waals surface area contributed by atoms with E-state index in [1.54, 1.807) is 0 Å². The van der Waals surface area contributed by atoms with Crippen LogP contribution < -0.4 is 0 Å². The third-order valence-corrected chi connectivity index (χ3v) is 18.5. The number of hydrogen-bond donors (Lipinski definition) is 0. The first-order chi connectivity index (χ1) is 29.0. The molecule has 0 amide bonds. The van der Waals surface area contributed by atoms with Gasteiger partial charge in [-0.25, -0.2) is 0 Å². The SMILES string of the molecule is CCCCCCC[C@H]1CC[C@H](C2([C@]3(CCC)C=C[C@@H](COC[C@H]4C=C[C@](CCC)(C5([C@H]6CC[C@H](CCCCCCC)CC6)CCCCC5)C=C4)C=C3)CCCCC2)CC1. The molecule has 0 aromatic rings. The van der Waals surface area contributed by atoms with Crippen LogP contribution in [0, 0.1) is 57.2 Å². The zero-order valence-corrected chi connectivity index (χ0v) is 39.9. The Morgan fingerprint density at radius 2 is 0.763 bits per heavy atom. The van der Waals surface area contributed by atoms with Crippen LogP contribution in [-0.4, -0.2) is 13.2 Å². The number of allylic oxidation sites excluding steroid dienone is 4. The monoisotopic (exact) mass is 811 g/mol. The number of unbranched alkanes of at least 4 members (excludes halogenated alkanes) is 8. The van der Waals surface area contributed by atoms with E-state index in [0.717, 1.165) is 36.9 Å². The smallest absolute Gasteiger partial charge is 0.0563 e. The summed E-state index contributed by atoms with van der Waals surface area (Å²) in [5, 5.41) is 0. The molecule has 0 atom stereocenters. The number of ether oxygens (including phenoxy) is 1. The van der Waals surface area contributed by atoms with Crippen LogP contribution in [0.1, 0.15) is 246 Å². The van der Waals surface area contributed by atoms with Crippen molar-refractivity contribution in [1.29, 1.82) is 0 Å². The van der Waals surface area contributed by atoms with Crippen molar-refractivity contribution in [1.82, 2.24) is 0 Å². The summed E-state index contributed by atoms with van der Waals surface area (Å²) in [6, 6.07) is 0. The van der Waals surface area contributed by atoms with Gasteiger partial charge >= 0.3 is 0 Å². The molecule has 0 aromatic carbocycles. The van der Waals surface area contributed by atoms with Crippen molar-refractivity contribution in [3.63, 3.8) is 0 Å². The van der Waals surface area contributed by atoms with Crippen molar-refractivity contribution in [3.05, 3.63) is 48.6 Å². The first-order valence-corrected chi connectivity index (χ1v) is 27.3. The molecule has 1 heteroatoms. The maximum Gasteiger partial charge on any atom is 0.0563 e. The molecule has 6 aliphatic rings. The molecule has 59 heavy (non-hydrogen) atoms. The lowest BCUT2D eigenvalue weighted by Gasteiger charge is -2.57. The number of hydrogen-bond acceptors (Lipinski definition) is 1. The fourth-order valence-corrected chi connectivity index (χ4v) is 15.3. The third-order valence-electron chi connectivity index (χ3n) is 18.5. The quantitative estimate of drug-likeness (QED) is 0.0697. The van der Waals surface area contributed by atoms with Gasteiger partial charge in [-0.1, -0.05) is 230 Å². The third kappa shape index (κ3) is 11.7. The van der Waals surface area contributed by atoms with Gasteiger partial charge in [-0.3, -0.25) is 0 Å². The van der Waals surface area contributed by atoms with Gasteiger partial charge in [0.1, 0.15) is 0 Å². The Labute approximate surface area is 368 Å². The molecule has 0 radical (unpaired) electrons. The normalized spacial score (nSPS) is 34.3. The second-order valence-corrected chi connectivity index (χ2v) is 22.2. The minimum absolute atomic E-state index is 0.246. The summed E-state index contributed by atoms with van der Waals surface area (Å²) < 4.78 is 6.67. The van der Waals surface area contributed by atoms with Crippen LogP contribution in [-0.2, 0) is 4.74 Å². The van der Waals surface area contributed by atoms with Crippen molar-refractivity contribution in [2.45, 2.75) is 246 Å². The van der Waals surface area contributed by atoms with Gasteiger partial charge in [0.25, 0.3) is 0 Å². The zero-order chi connectivity index (χ0) is 41.3. The van der Waals surface area contributed by atoms with E-state index in [-0.39, 0.29) is 10.8 Å². The Morgan fingerprint density at radius 3 is 1.10 bits per heavy atom. The molecular formula is C58H98O. The van der Waals surface area contributed by atoms with Crippen LogP contribution >= 0.6 is 0 Å². The van der Waals surface area contributed by atoms with Gasteiger partial charge in [-0.15, -0.1) is 0 Å². The highest BCUT2D eigenvalue weighted by molar-refractivity contribution is 5.28. The van der Waals surface area contributed by atoms with E-state index in [9.17, 15) is 0 Å². The predicted octanol–water partition coefficient (Wildman–Crippen LogP) is 18.3. The Balaban J connectivity index is 1.03. The molecule has 4 saturated carbocycles. The van der Waals surface area contributed by atoms with Crippen LogP contribution in [0.25, 0.3) is 0 Å². The Bertz CT molecular complexity index is 1140. The maximum absolute atomic E-state index is 6.67. The van der Waals surface area contributed by atoms with Gasteiger partial charge in [0, 0.05) is 22.7 Å². The molecule has 0 aliphatic heterocycles. The maximum atomic E-state index is 6.67. The van der Waals surface area contributed by atoms with Crippen molar-refractivity contribution in [2.24, 2.45) is 57.2 Å². The Morgan fingerprint density at radius 1 is 0.407 bits per heavy atom. The van der Waals surface area contributed by atoms with Crippen LogP contribution in [0.5, 0.6) is 0 Å². The molecule has 0 spiro atoms. The van der Waals surface area contributed by atoms with Crippen LogP contribution in [0.3, 0.4) is 0 Å². The van der Waals surface area contributed by atoms with Gasteiger partial charge < -0.3 is 4.74 Å². The van der Waals surface area contributed by atoms with E-state index in [0.29, 0.717) is 22.7 Å². The van der Waals surface area contributed by atoms with Gasteiger partial charge in [-0.05, 0) is 98.7 Å². The molecule has 336 valence electrons. The average Bonchev–Trinajstić information content (AvgIpc) is 3.28. The Hall–Kier alpha value is -1.08. The fraction of sp³-hybridized carbons (Fsp3) is 0.862. The van der Waals surface area contributed by atoms with Crippen LogP contribution in [0.15, 0.2) is 48.6 Å². The standard InChI is InChI=1S/C58H98O/c1-5-9-11-13-17-23-49-25-29-53(30-26-49)57(39-19-15-20-40-57)55(37-7-3)43-33-51(34-44-55)47-59-48-52-35-45-56(38-8-4,46-36-52)58(41-21-16-22-42-58)54-31-27-50(28-32-54)24-18-14-12-10-6-2/h33-36,43-46,49-54H,5-32,37-42,47-48H2,1-4H3/t49-,50-,51-,52-,53-,54-,55-,56-. The summed E-state index contributed by atoms with van der Waals surface area (Å²) in [7, 11) is 0. The van der Waals surface area contributed by atoms with E-state index in [1.807, 2.05) is 0 Å². The average molecular weight is 811 g/mol. The van der Waals surface area contributed by atoms with E-state index in [1.165, 1.54) is 218 Å². The van der Waals surface area contributed by atoms with Crippen molar-refractivity contribution >= 4 is 0 Å². The highest BCUT2D eigenvalue weighted by Gasteiger charge is 2.55. The summed E-state index contributed by atoms with van der Waals surface area (Å²) in [4.78, 5) is 0. The van der Waals surface area contributed by atoms with E-state index >= 15 is 0 Å². The molecule has 0 N–H and O–H groups in total. The van der Waals surface area contributed by atoms with E-state index in [2.05, 4.69) is 76.3 Å². The van der Waals surface area contributed by atoms with Gasteiger partial charge in [0.05, 0.1) is 13.2 Å². The molecule has 4 fully saturated rings. The lowest BCUT2D eigenvalue weighted by Crippen LogP contribution is -2.48. The predicted molar refractivity (Wildman–Crippen MR) is 258 cm³/mol. The van der Waals surface area contributed by atoms with Gasteiger partial charge in [0.15, 0.2) is 0 Å². The summed E-state index contributed by atoms with van der Waals surface area (Å²) >= 11 is 0. The molecule has 1 nitrogen and oxygen atoms in total. The highest BCUT2D eigenvalue weighted by Crippen LogP contribution is 2.64. The number of rotatable bonds is 24. The molecule has 6 rings (SSSR count). The molecule has 0 bridgehead atoms. The lowest BCUT2D eigenvalue weighted by molar-refractivity contribution is -0.0288. The fourth-order valence-electron chi connectivity index (χ4n) is 15.3. The van der Waals surface area contributed by atoms with Gasteiger partial charge in [-0.2, -0.15) is 0 Å². The first-order valence-electron chi connectivity index (χ1n) is 27.3. The Kier molecular flexibility index (Phi) is 19.4.